The maximum absolute atomic E-state index is 11.9. The van der Waals surface area contributed by atoms with Crippen LogP contribution in [0.5, 0.6) is 5.75 Å². The van der Waals surface area contributed by atoms with Gasteiger partial charge in [-0.1, -0.05) is 6.07 Å². The Morgan fingerprint density at radius 2 is 2.23 bits per heavy atom. The first-order valence-electron chi connectivity index (χ1n) is 9.76. The van der Waals surface area contributed by atoms with Crippen LogP contribution in [0.15, 0.2) is 30.6 Å². The van der Waals surface area contributed by atoms with Crippen molar-refractivity contribution >= 4 is 38.7 Å². The summed E-state index contributed by atoms with van der Waals surface area (Å²) in [6.07, 6.45) is 2.23. The molecule has 1 aliphatic heterocycles. The maximum Gasteiger partial charge on any atom is 0.237 e. The Hall–Kier alpha value is -3.17. The molecule has 9 heteroatoms. The third-order valence-corrected chi connectivity index (χ3v) is 6.65. The summed E-state index contributed by atoms with van der Waals surface area (Å²) in [5, 5.41) is 11.7. The van der Waals surface area contributed by atoms with Crippen molar-refractivity contribution in [2.45, 2.75) is 25.9 Å². The van der Waals surface area contributed by atoms with Crippen LogP contribution < -0.4 is 21.1 Å². The summed E-state index contributed by atoms with van der Waals surface area (Å²) in [7, 11) is 1.69. The normalized spacial score (nSPS) is 16.5. The Bertz CT molecular complexity index is 1280. The first-order valence-corrected chi connectivity index (χ1v) is 10.6. The number of rotatable bonds is 5. The number of hydrogen-bond donors (Lipinski definition) is 3. The van der Waals surface area contributed by atoms with E-state index in [1.165, 1.54) is 6.33 Å². The number of aromatic nitrogens is 3. The highest BCUT2D eigenvalue weighted by atomic mass is 32.1. The van der Waals surface area contributed by atoms with Gasteiger partial charge < -0.3 is 21.1 Å². The van der Waals surface area contributed by atoms with Crippen LogP contribution in [0.2, 0.25) is 0 Å². The van der Waals surface area contributed by atoms with Crippen molar-refractivity contribution in [2.24, 2.45) is 0 Å². The molecule has 1 saturated heterocycles. The fraction of sp³-hybridized carbons (Fsp3) is 0.286. The molecule has 0 aliphatic carbocycles. The Kier molecular flexibility index (Phi) is 4.56. The standard InChI is InChI=1S/C21H22N6O2S/c1-11-5-12-7-17(30-19(12)16(6-11)29-2)14-8-13(9-24-15-3-4-23-21(15)28)27-18(14)20(22)25-10-26-27/h5-8,10,15,24H,3-4,9H2,1-2H3,(H,23,28)(H2,22,25,26)/t15-/m0/s1. The molecule has 0 bridgehead atoms. The van der Waals surface area contributed by atoms with E-state index in [-0.39, 0.29) is 11.9 Å². The minimum absolute atomic E-state index is 0.0391. The van der Waals surface area contributed by atoms with E-state index in [0.717, 1.165) is 49.5 Å². The number of nitrogen functional groups attached to an aromatic ring is 1. The zero-order valence-electron chi connectivity index (χ0n) is 16.7. The van der Waals surface area contributed by atoms with Gasteiger partial charge >= 0.3 is 0 Å². The molecule has 8 nitrogen and oxygen atoms in total. The second-order valence-electron chi connectivity index (χ2n) is 7.46. The van der Waals surface area contributed by atoms with E-state index in [0.29, 0.717) is 18.9 Å². The SMILES string of the molecule is COc1cc(C)cc2cc(-c3cc(CN[C@H]4CCNC4=O)n4ncnc(N)c34)sc12. The number of fused-ring (bicyclic) bond motifs is 2. The van der Waals surface area contributed by atoms with E-state index in [4.69, 9.17) is 10.5 Å². The number of benzene rings is 1. The Morgan fingerprint density at radius 3 is 3.00 bits per heavy atom. The number of ether oxygens (including phenoxy) is 1. The van der Waals surface area contributed by atoms with Gasteiger partial charge in [0, 0.05) is 23.5 Å². The first-order chi connectivity index (χ1) is 14.5. The van der Waals surface area contributed by atoms with Gasteiger partial charge in [0.1, 0.15) is 17.6 Å². The number of nitrogens with two attached hydrogens (primary N) is 1. The van der Waals surface area contributed by atoms with E-state index in [2.05, 4.69) is 45.8 Å². The van der Waals surface area contributed by atoms with Crippen LogP contribution in [0.3, 0.4) is 0 Å². The molecule has 0 unspecified atom stereocenters. The van der Waals surface area contributed by atoms with Gasteiger partial charge in [-0.25, -0.2) is 9.50 Å². The van der Waals surface area contributed by atoms with Crippen molar-refractivity contribution in [3.63, 3.8) is 0 Å². The quantitative estimate of drug-likeness (QED) is 0.456. The zero-order valence-corrected chi connectivity index (χ0v) is 17.5. The number of carbonyl (C=O) groups excluding carboxylic acids is 1. The summed E-state index contributed by atoms with van der Waals surface area (Å²) in [5.74, 6) is 1.32. The van der Waals surface area contributed by atoms with Crippen molar-refractivity contribution in [1.82, 2.24) is 25.2 Å². The predicted molar refractivity (Wildman–Crippen MR) is 118 cm³/mol. The van der Waals surface area contributed by atoms with Crippen molar-refractivity contribution in [1.29, 1.82) is 0 Å². The highest BCUT2D eigenvalue weighted by Gasteiger charge is 2.24. The highest BCUT2D eigenvalue weighted by molar-refractivity contribution is 7.22. The summed E-state index contributed by atoms with van der Waals surface area (Å²) in [6.45, 7) is 3.26. The van der Waals surface area contributed by atoms with Crippen LogP contribution in [-0.4, -0.2) is 40.2 Å². The van der Waals surface area contributed by atoms with Gasteiger partial charge in [0.25, 0.3) is 0 Å². The molecule has 0 spiro atoms. The third-order valence-electron chi connectivity index (χ3n) is 5.45. The van der Waals surface area contributed by atoms with E-state index in [1.807, 2.05) is 10.6 Å². The minimum atomic E-state index is -0.185. The number of anilines is 1. The summed E-state index contributed by atoms with van der Waals surface area (Å²) in [4.78, 5) is 17.2. The Labute approximate surface area is 177 Å². The van der Waals surface area contributed by atoms with E-state index < -0.39 is 0 Å². The molecule has 4 N–H and O–H groups in total. The number of nitrogens with zero attached hydrogens (tertiary/aromatic N) is 3. The average Bonchev–Trinajstić information content (AvgIpc) is 3.42. The fourth-order valence-electron chi connectivity index (χ4n) is 4.01. The lowest BCUT2D eigenvalue weighted by atomic mass is 10.1. The number of nitrogens with one attached hydrogen (secondary N) is 2. The van der Waals surface area contributed by atoms with Crippen LogP contribution in [0, 0.1) is 6.92 Å². The van der Waals surface area contributed by atoms with E-state index in [9.17, 15) is 4.79 Å². The largest absolute Gasteiger partial charge is 0.495 e. The highest BCUT2D eigenvalue weighted by Crippen LogP contribution is 2.42. The molecule has 4 heterocycles. The van der Waals surface area contributed by atoms with Crippen LogP contribution in [0.1, 0.15) is 17.7 Å². The third kappa shape index (κ3) is 3.06. The molecule has 3 aromatic heterocycles. The van der Waals surface area contributed by atoms with Crippen molar-refractivity contribution in [3.8, 4) is 16.2 Å². The molecule has 0 radical (unpaired) electrons. The van der Waals surface area contributed by atoms with Gasteiger partial charge in [0.15, 0.2) is 5.82 Å². The summed E-state index contributed by atoms with van der Waals surface area (Å²) >= 11 is 1.66. The molecule has 0 saturated carbocycles. The van der Waals surface area contributed by atoms with Gasteiger partial charge in [-0.3, -0.25) is 4.79 Å². The molecule has 1 fully saturated rings. The van der Waals surface area contributed by atoms with Crippen LogP contribution in [0.25, 0.3) is 26.0 Å². The molecule has 1 aliphatic rings. The first kappa shape index (κ1) is 18.8. The van der Waals surface area contributed by atoms with Crippen LogP contribution >= 0.6 is 11.3 Å². The van der Waals surface area contributed by atoms with Gasteiger partial charge in [-0.05, 0) is 42.5 Å². The second-order valence-corrected chi connectivity index (χ2v) is 8.52. The monoisotopic (exact) mass is 422 g/mol. The molecular formula is C21H22N6O2S. The molecular weight excluding hydrogens is 400 g/mol. The predicted octanol–water partition coefficient (Wildman–Crippen LogP) is 2.49. The second kappa shape index (κ2) is 7.26. The van der Waals surface area contributed by atoms with E-state index >= 15 is 0 Å². The lowest BCUT2D eigenvalue weighted by molar-refractivity contribution is -0.120. The lowest BCUT2D eigenvalue weighted by Gasteiger charge is -2.09. The molecule has 1 atom stereocenters. The van der Waals surface area contributed by atoms with Gasteiger partial charge in [-0.2, -0.15) is 5.10 Å². The average molecular weight is 423 g/mol. The molecule has 1 amide bonds. The maximum atomic E-state index is 11.9. The number of carbonyl (C=O) groups is 1. The fourth-order valence-corrected chi connectivity index (χ4v) is 5.16. The summed E-state index contributed by atoms with van der Waals surface area (Å²) in [5.41, 5.74) is 10.1. The molecule has 154 valence electrons. The Balaban J connectivity index is 1.61. The number of thiophene rings is 1. The van der Waals surface area contributed by atoms with Crippen molar-refractivity contribution in [2.75, 3.05) is 19.4 Å². The van der Waals surface area contributed by atoms with Gasteiger partial charge in [0.05, 0.1) is 23.5 Å². The van der Waals surface area contributed by atoms with Crippen molar-refractivity contribution < 1.29 is 9.53 Å². The Morgan fingerprint density at radius 1 is 1.37 bits per heavy atom. The smallest absolute Gasteiger partial charge is 0.237 e. The molecule has 5 rings (SSSR count). The van der Waals surface area contributed by atoms with Crippen LogP contribution in [0.4, 0.5) is 5.82 Å². The summed E-state index contributed by atoms with van der Waals surface area (Å²) in [6, 6.07) is 8.23. The van der Waals surface area contributed by atoms with E-state index in [1.54, 1.807) is 18.4 Å². The van der Waals surface area contributed by atoms with Gasteiger partial charge in [-0.15, -0.1) is 11.3 Å². The number of methoxy groups -OCH3 is 1. The molecule has 1 aromatic carbocycles. The van der Waals surface area contributed by atoms with Gasteiger partial charge in [0.2, 0.25) is 5.91 Å². The molecule has 4 aromatic rings. The van der Waals surface area contributed by atoms with Crippen LogP contribution in [-0.2, 0) is 11.3 Å². The lowest BCUT2D eigenvalue weighted by Crippen LogP contribution is -2.36. The number of aryl methyl sites for hydroxylation is 1. The molecule has 30 heavy (non-hydrogen) atoms. The minimum Gasteiger partial charge on any atom is -0.495 e. The topological polar surface area (TPSA) is 107 Å². The number of hydrogen-bond acceptors (Lipinski definition) is 7. The van der Waals surface area contributed by atoms with Crippen molar-refractivity contribution in [3.05, 3.63) is 41.9 Å². The number of amides is 1. The summed E-state index contributed by atoms with van der Waals surface area (Å²) < 4.78 is 8.49. The zero-order chi connectivity index (χ0) is 20.8.